The summed E-state index contributed by atoms with van der Waals surface area (Å²) in [5.41, 5.74) is 0. The predicted octanol–water partition coefficient (Wildman–Crippen LogP) is 0.854. The largest absolute Gasteiger partial charge is 0.480 e. The lowest BCUT2D eigenvalue weighted by Gasteiger charge is -1.87. The summed E-state index contributed by atoms with van der Waals surface area (Å²) in [4.78, 5) is 7.49. The van der Waals surface area contributed by atoms with Crippen molar-refractivity contribution in [1.29, 1.82) is 0 Å². The van der Waals surface area contributed by atoms with Crippen molar-refractivity contribution in [3.8, 4) is 0 Å². The highest BCUT2D eigenvalue weighted by atomic mass is 79.9. The van der Waals surface area contributed by atoms with E-state index in [1.807, 2.05) is 0 Å². The van der Waals surface area contributed by atoms with Gasteiger partial charge in [-0.25, -0.2) is 0 Å². The van der Waals surface area contributed by atoms with Crippen LogP contribution in [0.2, 0.25) is 0 Å². The van der Waals surface area contributed by atoms with E-state index in [0.29, 0.717) is 0 Å². The molecule has 0 spiro atoms. The van der Waals surface area contributed by atoms with Crippen molar-refractivity contribution in [2.45, 2.75) is 11.7 Å². The first-order valence-electron chi connectivity index (χ1n) is 3.12. The molecule has 2 nitrogen and oxygen atoms in total. The zero-order valence-electron chi connectivity index (χ0n) is 6.73. The molecule has 0 bridgehead atoms. The standard InChI is InChI=1S/C3H5BrO2/c1-2(4)3(5)6/h2H,1H3,(H,5,6)/i1D3,2D,3+1. The first-order chi connectivity index (χ1) is 4.19. The smallest absolute Gasteiger partial charge is 0.316 e. The molecule has 0 saturated heterocycles. The summed E-state index contributed by atoms with van der Waals surface area (Å²) in [5.74, 6) is -1.72. The summed E-state index contributed by atoms with van der Waals surface area (Å²) in [6.07, 6.45) is 0. The highest BCUT2D eigenvalue weighted by Crippen LogP contribution is 1.93. The van der Waals surface area contributed by atoms with Crippen molar-refractivity contribution in [2.75, 3.05) is 0 Å². The molecule has 0 heterocycles. The van der Waals surface area contributed by atoms with Gasteiger partial charge in [0.2, 0.25) is 0 Å². The van der Waals surface area contributed by atoms with Gasteiger partial charge in [-0.15, -0.1) is 0 Å². The number of aliphatic carboxylic acids is 1. The third kappa shape index (κ3) is 2.20. The van der Waals surface area contributed by atoms with E-state index < -0.39 is 17.6 Å². The molecular formula is C3H5BrO2. The number of carboxylic acid groups (broad SMARTS) is 1. The number of carboxylic acids is 1. The van der Waals surface area contributed by atoms with Crippen molar-refractivity contribution in [2.24, 2.45) is 0 Å². The van der Waals surface area contributed by atoms with Crippen LogP contribution in [0.5, 0.6) is 0 Å². The second-order valence-electron chi connectivity index (χ2n) is 0.619. The summed E-state index contributed by atoms with van der Waals surface area (Å²) >= 11 is 2.27. The van der Waals surface area contributed by atoms with Gasteiger partial charge in [-0.3, -0.25) is 4.79 Å². The Morgan fingerprint density at radius 1 is 2.50 bits per heavy atom. The van der Waals surface area contributed by atoms with Crippen LogP contribution in [0.25, 0.3) is 0 Å². The Morgan fingerprint density at radius 3 is 3.00 bits per heavy atom. The molecule has 0 aliphatic heterocycles. The third-order valence-electron chi connectivity index (χ3n) is 0.188. The second kappa shape index (κ2) is 2.18. The van der Waals surface area contributed by atoms with Gasteiger partial charge in [0.15, 0.2) is 0 Å². The fourth-order valence-electron chi connectivity index (χ4n) is 0. The van der Waals surface area contributed by atoms with Crippen LogP contribution in [0.15, 0.2) is 0 Å². The number of alkyl halides is 1. The SMILES string of the molecule is [2H]C([2H])([2H])C([2H])(Br)[13C](=O)O. The Hall–Kier alpha value is -0.0500. The van der Waals surface area contributed by atoms with E-state index in [2.05, 4.69) is 15.9 Å². The van der Waals surface area contributed by atoms with E-state index >= 15 is 0 Å². The number of carbonyl (C=O) groups is 1. The fraction of sp³-hybridized carbons (Fsp3) is 0.667. The third-order valence-corrected chi connectivity index (χ3v) is 0.527. The van der Waals surface area contributed by atoms with E-state index in [-0.39, 0.29) is 0 Å². The molecule has 0 saturated carbocycles. The summed E-state index contributed by atoms with van der Waals surface area (Å²) in [5, 5.41) is 8.18. The first-order valence-corrected chi connectivity index (χ1v) is 1.91. The van der Waals surface area contributed by atoms with Crippen LogP contribution in [0, 0.1) is 0 Å². The van der Waals surface area contributed by atoms with Gasteiger partial charge < -0.3 is 5.11 Å². The molecule has 0 amide bonds. The Labute approximate surface area is 49.9 Å². The number of rotatable bonds is 1. The monoisotopic (exact) mass is 157 g/mol. The quantitative estimate of drug-likeness (QED) is 0.453. The van der Waals surface area contributed by atoms with Gasteiger partial charge in [-0.1, -0.05) is 15.9 Å². The van der Waals surface area contributed by atoms with Crippen molar-refractivity contribution in [1.82, 2.24) is 0 Å². The maximum atomic E-state index is 10.1. The average molecular weight is 158 g/mol. The molecule has 36 valence electrons. The molecule has 0 radical (unpaired) electrons. The maximum absolute atomic E-state index is 10.1. The van der Waals surface area contributed by atoms with Crippen LogP contribution < -0.4 is 0 Å². The Bertz CT molecular complexity index is 151. The molecule has 0 fully saturated rings. The highest BCUT2D eigenvalue weighted by molar-refractivity contribution is 9.10. The van der Waals surface area contributed by atoms with Crippen molar-refractivity contribution >= 4 is 21.9 Å². The minimum Gasteiger partial charge on any atom is -0.480 e. The van der Waals surface area contributed by atoms with E-state index in [1.165, 1.54) is 0 Å². The highest BCUT2D eigenvalue weighted by Gasteiger charge is 2.01. The van der Waals surface area contributed by atoms with Gasteiger partial charge in [0.05, 0.1) is 1.37 Å². The molecule has 1 atom stereocenters. The van der Waals surface area contributed by atoms with Crippen LogP contribution in [0.3, 0.4) is 0 Å². The first kappa shape index (κ1) is 1.82. The molecular weight excluding hydrogens is 149 g/mol. The van der Waals surface area contributed by atoms with Gasteiger partial charge >= 0.3 is 5.97 Å². The van der Waals surface area contributed by atoms with Gasteiger partial charge in [0, 0.05) is 4.11 Å². The van der Waals surface area contributed by atoms with Crippen molar-refractivity contribution in [3.63, 3.8) is 0 Å². The lowest BCUT2D eigenvalue weighted by Crippen LogP contribution is -2.06. The normalized spacial score (nSPS) is 30.8. The number of hydrogen-bond donors (Lipinski definition) is 1. The predicted molar refractivity (Wildman–Crippen MR) is 26.0 cm³/mol. The van der Waals surface area contributed by atoms with Crippen molar-refractivity contribution in [3.05, 3.63) is 0 Å². The van der Waals surface area contributed by atoms with Gasteiger partial charge in [-0.05, 0) is 6.85 Å². The van der Waals surface area contributed by atoms with Crippen LogP contribution in [0.4, 0.5) is 0 Å². The lowest BCUT2D eigenvalue weighted by atomic mass is 10.7. The van der Waals surface area contributed by atoms with Gasteiger partial charge in [-0.2, -0.15) is 0 Å². The molecule has 0 aliphatic carbocycles. The zero-order valence-corrected chi connectivity index (χ0v) is 4.32. The van der Waals surface area contributed by atoms with Gasteiger partial charge in [0.1, 0.15) is 4.80 Å². The van der Waals surface area contributed by atoms with Crippen LogP contribution >= 0.6 is 15.9 Å². The zero-order chi connectivity index (χ0) is 8.58. The molecule has 0 aliphatic rings. The second-order valence-corrected chi connectivity index (χ2v) is 1.41. The summed E-state index contributed by atoms with van der Waals surface area (Å²) in [7, 11) is 0. The summed E-state index contributed by atoms with van der Waals surface area (Å²) < 4.78 is 26.5. The summed E-state index contributed by atoms with van der Waals surface area (Å²) in [6, 6.07) is 0. The molecule has 0 aromatic carbocycles. The van der Waals surface area contributed by atoms with E-state index in [0.717, 1.165) is 0 Å². The molecule has 0 aromatic rings. The van der Waals surface area contributed by atoms with Gasteiger partial charge in [0.25, 0.3) is 0 Å². The summed E-state index contributed by atoms with van der Waals surface area (Å²) in [6.45, 7) is -2.85. The molecule has 1 N–H and O–H groups in total. The fourth-order valence-corrected chi connectivity index (χ4v) is 0. The van der Waals surface area contributed by atoms with Crippen molar-refractivity contribution < 1.29 is 15.4 Å². The average Bonchev–Trinajstić information content (AvgIpc) is 1.62. The topological polar surface area (TPSA) is 37.3 Å². The number of halogens is 1. The molecule has 0 rings (SSSR count). The van der Waals surface area contributed by atoms with Crippen LogP contribution in [-0.4, -0.2) is 15.9 Å². The molecule has 3 heteroatoms. The minimum absolute atomic E-state index is 1.72. The maximum Gasteiger partial charge on any atom is 0.316 e. The van der Waals surface area contributed by atoms with E-state index in [4.69, 9.17) is 10.6 Å². The molecule has 6 heavy (non-hydrogen) atoms. The Kier molecular flexibility index (Phi) is 0.662. The van der Waals surface area contributed by atoms with E-state index in [9.17, 15) is 4.79 Å². The minimum atomic E-state index is -2.85. The molecule has 0 aromatic heterocycles. The van der Waals surface area contributed by atoms with Crippen LogP contribution in [0.1, 0.15) is 12.3 Å². The number of hydrogen-bond acceptors (Lipinski definition) is 1. The van der Waals surface area contributed by atoms with Crippen LogP contribution in [-0.2, 0) is 4.79 Å². The lowest BCUT2D eigenvalue weighted by molar-refractivity contribution is -0.135. The van der Waals surface area contributed by atoms with E-state index in [1.54, 1.807) is 0 Å². The Balaban J connectivity index is 4.57. The molecule has 1 unspecified atom stereocenters. The Morgan fingerprint density at radius 2 is 3.00 bits per heavy atom.